The highest BCUT2D eigenvalue weighted by molar-refractivity contribution is 5.92. The monoisotopic (exact) mass is 399 g/mol. The van der Waals surface area contributed by atoms with Crippen molar-refractivity contribution in [1.29, 1.82) is 0 Å². The van der Waals surface area contributed by atoms with Gasteiger partial charge in [-0.2, -0.15) is 4.98 Å². The van der Waals surface area contributed by atoms with Crippen molar-refractivity contribution in [2.45, 2.75) is 38.1 Å². The lowest BCUT2D eigenvalue weighted by Gasteiger charge is -2.25. The molecule has 0 radical (unpaired) electrons. The van der Waals surface area contributed by atoms with Crippen molar-refractivity contribution in [2.24, 2.45) is 5.92 Å². The maximum absolute atomic E-state index is 12.7. The third-order valence-electron chi connectivity index (χ3n) is 5.91. The van der Waals surface area contributed by atoms with E-state index < -0.39 is 5.41 Å². The van der Waals surface area contributed by atoms with E-state index >= 15 is 0 Å². The highest BCUT2D eigenvalue weighted by Gasteiger charge is 2.58. The van der Waals surface area contributed by atoms with Gasteiger partial charge in [-0.1, -0.05) is 11.2 Å². The van der Waals surface area contributed by atoms with Crippen molar-refractivity contribution in [2.75, 3.05) is 26.8 Å². The zero-order valence-electron chi connectivity index (χ0n) is 16.8. The van der Waals surface area contributed by atoms with Crippen LogP contribution in [0.3, 0.4) is 0 Å². The van der Waals surface area contributed by atoms with E-state index in [1.165, 1.54) is 7.11 Å². The van der Waals surface area contributed by atoms with Crippen molar-refractivity contribution in [3.05, 3.63) is 41.3 Å². The Bertz CT molecular complexity index is 929. The van der Waals surface area contributed by atoms with Gasteiger partial charge in [0.25, 0.3) is 5.91 Å². The Morgan fingerprint density at radius 1 is 1.34 bits per heavy atom. The first-order chi connectivity index (χ1) is 13.9. The van der Waals surface area contributed by atoms with Gasteiger partial charge >= 0.3 is 0 Å². The fourth-order valence-electron chi connectivity index (χ4n) is 4.65. The van der Waals surface area contributed by atoms with Crippen LogP contribution in [-0.2, 0) is 14.9 Å². The molecule has 0 spiro atoms. The van der Waals surface area contributed by atoms with Gasteiger partial charge in [-0.15, -0.1) is 0 Å². The van der Waals surface area contributed by atoms with Crippen LogP contribution in [0, 0.1) is 19.8 Å². The number of nitrogens with zero attached hydrogens (tertiary/aromatic N) is 4. The molecule has 3 atom stereocenters. The number of carbonyl (C=O) groups is 2. The highest BCUT2D eigenvalue weighted by atomic mass is 16.5. The first-order valence-corrected chi connectivity index (χ1v) is 9.73. The quantitative estimate of drug-likeness (QED) is 0.799. The topological polar surface area (TPSA) is 110 Å². The van der Waals surface area contributed by atoms with Crippen molar-refractivity contribution in [3.8, 4) is 0 Å². The van der Waals surface area contributed by atoms with Gasteiger partial charge in [0, 0.05) is 31.9 Å². The Hall–Kier alpha value is -2.81. The Morgan fingerprint density at radius 3 is 2.86 bits per heavy atom. The van der Waals surface area contributed by atoms with Crippen LogP contribution in [-0.4, -0.2) is 64.7 Å². The Morgan fingerprint density at radius 2 is 2.17 bits per heavy atom. The molecular weight excluding hydrogens is 374 g/mol. The number of pyridine rings is 1. The third-order valence-corrected chi connectivity index (χ3v) is 5.91. The van der Waals surface area contributed by atoms with Gasteiger partial charge < -0.3 is 19.5 Å². The minimum Gasteiger partial charge on any atom is -0.375 e. The molecule has 4 rings (SSSR count). The predicted molar refractivity (Wildman–Crippen MR) is 102 cm³/mol. The summed E-state index contributed by atoms with van der Waals surface area (Å²) in [6, 6.07) is 5.33. The molecule has 9 heteroatoms. The van der Waals surface area contributed by atoms with Gasteiger partial charge in [0.15, 0.2) is 5.82 Å². The molecule has 2 amide bonds. The number of ether oxygens (including phenoxy) is 1. The van der Waals surface area contributed by atoms with E-state index in [-0.39, 0.29) is 30.4 Å². The first-order valence-electron chi connectivity index (χ1n) is 9.73. The van der Waals surface area contributed by atoms with E-state index in [0.717, 1.165) is 12.1 Å². The number of likely N-dealkylation sites (tertiary alicyclic amines) is 1. The molecule has 1 aliphatic heterocycles. The van der Waals surface area contributed by atoms with E-state index in [4.69, 9.17) is 9.26 Å². The van der Waals surface area contributed by atoms with Crippen LogP contribution in [0.4, 0.5) is 0 Å². The Balaban J connectivity index is 1.54. The number of hydrogen-bond donors (Lipinski definition) is 1. The number of aromatic nitrogens is 3. The summed E-state index contributed by atoms with van der Waals surface area (Å²) in [7, 11) is 1.51. The molecule has 1 saturated carbocycles. The molecule has 154 valence electrons. The average Bonchev–Trinajstić information content (AvgIpc) is 3.34. The molecular formula is C20H25N5O4. The van der Waals surface area contributed by atoms with Crippen LogP contribution < -0.4 is 5.32 Å². The van der Waals surface area contributed by atoms with Gasteiger partial charge in [-0.05, 0) is 44.7 Å². The fraction of sp³-hybridized carbons (Fsp3) is 0.550. The van der Waals surface area contributed by atoms with Crippen LogP contribution in [0.5, 0.6) is 0 Å². The second-order valence-electron chi connectivity index (χ2n) is 7.98. The molecule has 3 heterocycles. The lowest BCUT2D eigenvalue weighted by atomic mass is 9.80. The molecule has 1 N–H and O–H groups in total. The molecule has 0 aromatic carbocycles. The Kier molecular flexibility index (Phi) is 5.08. The van der Waals surface area contributed by atoms with Gasteiger partial charge in [0.05, 0.1) is 5.41 Å². The highest BCUT2D eigenvalue weighted by Crippen LogP contribution is 2.50. The number of rotatable bonds is 5. The summed E-state index contributed by atoms with van der Waals surface area (Å²) in [5, 5.41) is 7.06. The van der Waals surface area contributed by atoms with E-state index in [0.29, 0.717) is 36.9 Å². The van der Waals surface area contributed by atoms with Crippen LogP contribution >= 0.6 is 0 Å². The summed E-state index contributed by atoms with van der Waals surface area (Å²) in [5.41, 5.74) is 0.746. The normalized spacial score (nSPS) is 25.8. The third kappa shape index (κ3) is 3.62. The average molecular weight is 399 g/mol. The minimum absolute atomic E-state index is 0.0465. The SMILES string of the molecule is COCC(=O)N1CC2C[C@@H](NC(=O)c3cccc(C)n3)C[C@]2(c2nc(C)no2)C1. The summed E-state index contributed by atoms with van der Waals surface area (Å²) >= 11 is 0. The van der Waals surface area contributed by atoms with Crippen LogP contribution in [0.1, 0.15) is 40.7 Å². The lowest BCUT2D eigenvalue weighted by molar-refractivity contribution is -0.134. The zero-order valence-corrected chi connectivity index (χ0v) is 16.8. The fourth-order valence-corrected chi connectivity index (χ4v) is 4.65. The van der Waals surface area contributed by atoms with Gasteiger partial charge in [0.2, 0.25) is 11.8 Å². The minimum atomic E-state index is -0.456. The zero-order chi connectivity index (χ0) is 20.6. The number of aryl methyl sites for hydroxylation is 2. The molecule has 1 saturated heterocycles. The second kappa shape index (κ2) is 7.55. The summed E-state index contributed by atoms with van der Waals surface area (Å²) in [5.74, 6) is 0.980. The summed E-state index contributed by atoms with van der Waals surface area (Å²) in [4.78, 5) is 35.6. The van der Waals surface area contributed by atoms with Crippen LogP contribution in [0.15, 0.2) is 22.7 Å². The van der Waals surface area contributed by atoms with E-state index in [1.54, 1.807) is 17.9 Å². The maximum atomic E-state index is 12.7. The van der Waals surface area contributed by atoms with Crippen molar-refractivity contribution < 1.29 is 18.8 Å². The molecule has 2 fully saturated rings. The number of methoxy groups -OCH3 is 1. The number of amides is 2. The molecule has 2 aromatic heterocycles. The molecule has 29 heavy (non-hydrogen) atoms. The van der Waals surface area contributed by atoms with Crippen molar-refractivity contribution >= 4 is 11.8 Å². The number of carbonyl (C=O) groups excluding carboxylic acids is 2. The Labute approximate surface area is 168 Å². The number of fused-ring (bicyclic) bond motifs is 1. The van der Waals surface area contributed by atoms with Gasteiger partial charge in [-0.25, -0.2) is 4.98 Å². The van der Waals surface area contributed by atoms with Crippen molar-refractivity contribution in [3.63, 3.8) is 0 Å². The first kappa shape index (κ1) is 19.5. The predicted octanol–water partition coefficient (Wildman–Crippen LogP) is 1.02. The molecule has 0 bridgehead atoms. The largest absolute Gasteiger partial charge is 0.375 e. The summed E-state index contributed by atoms with van der Waals surface area (Å²) in [6.07, 6.45) is 1.36. The molecule has 2 aliphatic rings. The molecule has 9 nitrogen and oxygen atoms in total. The molecule has 1 aliphatic carbocycles. The lowest BCUT2D eigenvalue weighted by Crippen LogP contribution is -2.40. The van der Waals surface area contributed by atoms with Gasteiger partial charge in [-0.3, -0.25) is 9.59 Å². The van der Waals surface area contributed by atoms with Crippen molar-refractivity contribution in [1.82, 2.24) is 25.3 Å². The number of hydrogen-bond acceptors (Lipinski definition) is 7. The summed E-state index contributed by atoms with van der Waals surface area (Å²) < 4.78 is 10.5. The summed E-state index contributed by atoms with van der Waals surface area (Å²) in [6.45, 7) is 4.74. The van der Waals surface area contributed by atoms with Crippen LogP contribution in [0.2, 0.25) is 0 Å². The smallest absolute Gasteiger partial charge is 0.270 e. The van der Waals surface area contributed by atoms with Crippen LogP contribution in [0.25, 0.3) is 0 Å². The van der Waals surface area contributed by atoms with E-state index in [2.05, 4.69) is 20.4 Å². The molecule has 2 aromatic rings. The molecule has 1 unspecified atom stereocenters. The van der Waals surface area contributed by atoms with Gasteiger partial charge in [0.1, 0.15) is 12.3 Å². The van der Waals surface area contributed by atoms with E-state index in [1.807, 2.05) is 19.1 Å². The standard InChI is InChI=1S/C20H25N5O4/c1-12-5-4-6-16(21-12)18(27)23-15-7-14-9-25(17(26)10-28-3)11-20(14,8-15)19-22-13(2)24-29-19/h4-6,14-15H,7-11H2,1-3H3,(H,23,27)/t14?,15-,20+/m1/s1. The maximum Gasteiger partial charge on any atom is 0.270 e. The second-order valence-corrected chi connectivity index (χ2v) is 7.98. The number of nitrogens with one attached hydrogen (secondary N) is 1. The van der Waals surface area contributed by atoms with E-state index in [9.17, 15) is 9.59 Å².